The molecule has 0 fully saturated rings. The fourth-order valence-corrected chi connectivity index (χ4v) is 3.62. The van der Waals surface area contributed by atoms with Crippen LogP contribution in [0.15, 0.2) is 48.9 Å². The van der Waals surface area contributed by atoms with Crippen LogP contribution in [0.4, 0.5) is 9.52 Å². The molecule has 0 bridgehead atoms. The zero-order valence-corrected chi connectivity index (χ0v) is 14.6. The Morgan fingerprint density at radius 3 is 3.08 bits per heavy atom. The zero-order chi connectivity index (χ0) is 18.1. The van der Waals surface area contributed by atoms with Crippen LogP contribution >= 0.6 is 11.3 Å². The van der Waals surface area contributed by atoms with Gasteiger partial charge in [-0.15, -0.1) is 11.3 Å². The number of halogens is 1. The van der Waals surface area contributed by atoms with Crippen LogP contribution in [-0.4, -0.2) is 25.5 Å². The summed E-state index contributed by atoms with van der Waals surface area (Å²) < 4.78 is 14.9. The summed E-state index contributed by atoms with van der Waals surface area (Å²) in [5, 5.41) is 7.40. The molecular formula is C18H14FN5OS. The topological polar surface area (TPSA) is 72.2 Å². The highest BCUT2D eigenvalue weighted by atomic mass is 32.1. The number of aromatic nitrogens is 4. The van der Waals surface area contributed by atoms with Crippen molar-refractivity contribution in [3.63, 3.8) is 0 Å². The van der Waals surface area contributed by atoms with E-state index in [-0.39, 0.29) is 11.7 Å². The van der Waals surface area contributed by atoms with Gasteiger partial charge in [-0.2, -0.15) is 5.10 Å². The predicted octanol–water partition coefficient (Wildman–Crippen LogP) is 3.48. The Kier molecular flexibility index (Phi) is 4.18. The number of carbonyl (C=O) groups is 1. The molecule has 8 heteroatoms. The van der Waals surface area contributed by atoms with Crippen molar-refractivity contribution in [3.05, 3.63) is 76.4 Å². The molecular weight excluding hydrogens is 353 g/mol. The Labute approximate surface area is 152 Å². The van der Waals surface area contributed by atoms with Gasteiger partial charge in [-0.3, -0.25) is 10.1 Å². The molecule has 6 nitrogen and oxygen atoms in total. The molecule has 0 saturated heterocycles. The van der Waals surface area contributed by atoms with E-state index >= 15 is 0 Å². The van der Waals surface area contributed by atoms with Gasteiger partial charge in [0.2, 0.25) is 0 Å². The summed E-state index contributed by atoms with van der Waals surface area (Å²) in [6.45, 7) is 1.87. The van der Waals surface area contributed by atoms with Crippen molar-refractivity contribution in [2.45, 2.75) is 13.3 Å². The molecule has 0 spiro atoms. The first kappa shape index (κ1) is 16.3. The molecule has 3 aromatic heterocycles. The minimum absolute atomic E-state index is 0.265. The lowest BCUT2D eigenvalue weighted by molar-refractivity contribution is 0.102. The summed E-state index contributed by atoms with van der Waals surface area (Å²) in [4.78, 5) is 22.1. The van der Waals surface area contributed by atoms with Gasteiger partial charge >= 0.3 is 0 Å². The molecule has 3 heterocycles. The number of rotatable bonds is 4. The van der Waals surface area contributed by atoms with Crippen molar-refractivity contribution in [1.29, 1.82) is 0 Å². The second kappa shape index (κ2) is 6.64. The van der Waals surface area contributed by atoms with Crippen molar-refractivity contribution >= 4 is 28.0 Å². The van der Waals surface area contributed by atoms with E-state index in [9.17, 15) is 9.18 Å². The normalized spacial score (nSPS) is 11.0. The number of fused-ring (bicyclic) bond motifs is 1. The lowest BCUT2D eigenvalue weighted by atomic mass is 10.1. The average Bonchev–Trinajstić information content (AvgIpc) is 3.19. The number of thiazole rings is 1. The standard InChI is InChI=1S/C18H14FN5OS/c1-11-15(9-12-4-2-5-13(19)8-12)26-18(22-11)23-17(25)14-10-21-24-7-3-6-20-16(14)24/h2-8,10H,9H2,1H3,(H,22,23,25). The van der Waals surface area contributed by atoms with Crippen molar-refractivity contribution in [2.24, 2.45) is 0 Å². The van der Waals surface area contributed by atoms with Gasteiger partial charge in [-0.1, -0.05) is 12.1 Å². The van der Waals surface area contributed by atoms with Gasteiger partial charge in [0, 0.05) is 23.7 Å². The second-order valence-corrected chi connectivity index (χ2v) is 6.82. The molecule has 0 atom stereocenters. The minimum atomic E-state index is -0.315. The molecule has 4 aromatic rings. The SMILES string of the molecule is Cc1nc(NC(=O)c2cnn3cccnc23)sc1Cc1cccc(F)c1. The third kappa shape index (κ3) is 3.18. The molecule has 1 amide bonds. The fourth-order valence-electron chi connectivity index (χ4n) is 2.63. The third-order valence-corrected chi connectivity index (χ3v) is 4.96. The number of hydrogen-bond acceptors (Lipinski definition) is 5. The van der Waals surface area contributed by atoms with Gasteiger partial charge in [0.25, 0.3) is 5.91 Å². The van der Waals surface area contributed by atoms with Crippen LogP contribution in [0.5, 0.6) is 0 Å². The van der Waals surface area contributed by atoms with Crippen molar-refractivity contribution in [3.8, 4) is 0 Å². The minimum Gasteiger partial charge on any atom is -0.298 e. The van der Waals surface area contributed by atoms with Crippen LogP contribution < -0.4 is 5.32 Å². The molecule has 1 aromatic carbocycles. The summed E-state index contributed by atoms with van der Waals surface area (Å²) in [5.41, 5.74) is 2.54. The number of nitrogens with one attached hydrogen (secondary N) is 1. The smallest absolute Gasteiger partial charge is 0.262 e. The maximum atomic E-state index is 13.3. The maximum absolute atomic E-state index is 13.3. The van der Waals surface area contributed by atoms with E-state index in [1.807, 2.05) is 13.0 Å². The van der Waals surface area contributed by atoms with E-state index in [1.165, 1.54) is 34.2 Å². The van der Waals surface area contributed by atoms with Gasteiger partial charge < -0.3 is 0 Å². The predicted molar refractivity (Wildman–Crippen MR) is 97.0 cm³/mol. The number of anilines is 1. The molecule has 4 rings (SSSR count). The molecule has 0 radical (unpaired) electrons. The van der Waals surface area contributed by atoms with Crippen LogP contribution in [0.1, 0.15) is 26.5 Å². The van der Waals surface area contributed by atoms with Crippen LogP contribution in [0.2, 0.25) is 0 Å². The number of benzene rings is 1. The summed E-state index contributed by atoms with van der Waals surface area (Å²) in [5.74, 6) is -0.580. The molecule has 0 aliphatic carbocycles. The van der Waals surface area contributed by atoms with E-state index in [0.29, 0.717) is 22.8 Å². The second-order valence-electron chi connectivity index (χ2n) is 5.73. The highest BCUT2D eigenvalue weighted by molar-refractivity contribution is 7.15. The quantitative estimate of drug-likeness (QED) is 0.599. The van der Waals surface area contributed by atoms with Gasteiger partial charge in [0.05, 0.1) is 11.9 Å². The Morgan fingerprint density at radius 1 is 1.35 bits per heavy atom. The Hall–Kier alpha value is -3.13. The van der Waals surface area contributed by atoms with Crippen molar-refractivity contribution in [1.82, 2.24) is 19.6 Å². The van der Waals surface area contributed by atoms with Gasteiger partial charge in [0.1, 0.15) is 11.4 Å². The number of carbonyl (C=O) groups excluding carboxylic acids is 1. The van der Waals surface area contributed by atoms with E-state index in [2.05, 4.69) is 20.4 Å². The lowest BCUT2D eigenvalue weighted by Gasteiger charge is -2.00. The number of aryl methyl sites for hydroxylation is 1. The third-order valence-electron chi connectivity index (χ3n) is 3.89. The van der Waals surface area contributed by atoms with Crippen LogP contribution in [0, 0.1) is 12.7 Å². The number of nitrogens with zero attached hydrogens (tertiary/aromatic N) is 4. The summed E-state index contributed by atoms with van der Waals surface area (Å²) in [6, 6.07) is 8.21. The highest BCUT2D eigenvalue weighted by Gasteiger charge is 2.16. The van der Waals surface area contributed by atoms with Crippen LogP contribution in [0.25, 0.3) is 5.65 Å². The van der Waals surface area contributed by atoms with E-state index < -0.39 is 0 Å². The van der Waals surface area contributed by atoms with E-state index in [4.69, 9.17) is 0 Å². The van der Waals surface area contributed by atoms with Gasteiger partial charge in [-0.25, -0.2) is 18.9 Å². The van der Waals surface area contributed by atoms with Crippen molar-refractivity contribution < 1.29 is 9.18 Å². The summed E-state index contributed by atoms with van der Waals surface area (Å²) >= 11 is 1.38. The summed E-state index contributed by atoms with van der Waals surface area (Å²) in [7, 11) is 0. The molecule has 0 aliphatic rings. The van der Waals surface area contributed by atoms with Gasteiger partial charge in [-0.05, 0) is 30.7 Å². The zero-order valence-electron chi connectivity index (χ0n) is 13.8. The Morgan fingerprint density at radius 2 is 2.23 bits per heavy atom. The molecule has 26 heavy (non-hydrogen) atoms. The van der Waals surface area contributed by atoms with Crippen LogP contribution in [0.3, 0.4) is 0 Å². The molecule has 130 valence electrons. The Balaban J connectivity index is 1.55. The van der Waals surface area contributed by atoms with Gasteiger partial charge in [0.15, 0.2) is 10.8 Å². The monoisotopic (exact) mass is 367 g/mol. The molecule has 0 unspecified atom stereocenters. The van der Waals surface area contributed by atoms with Crippen molar-refractivity contribution in [2.75, 3.05) is 5.32 Å². The first-order chi connectivity index (χ1) is 12.6. The molecule has 0 aliphatic heterocycles. The van der Waals surface area contributed by atoms with Crippen LogP contribution in [-0.2, 0) is 6.42 Å². The largest absolute Gasteiger partial charge is 0.298 e. The first-order valence-electron chi connectivity index (χ1n) is 7.90. The molecule has 0 saturated carbocycles. The number of amides is 1. The molecule has 1 N–H and O–H groups in total. The first-order valence-corrected chi connectivity index (χ1v) is 8.72. The van der Waals surface area contributed by atoms with E-state index in [0.717, 1.165) is 16.1 Å². The fraction of sp³-hybridized carbons (Fsp3) is 0.111. The summed E-state index contributed by atoms with van der Waals surface area (Å²) in [6.07, 6.45) is 5.38. The highest BCUT2D eigenvalue weighted by Crippen LogP contribution is 2.26. The number of hydrogen-bond donors (Lipinski definition) is 1. The average molecular weight is 367 g/mol. The maximum Gasteiger partial charge on any atom is 0.262 e. The lowest BCUT2D eigenvalue weighted by Crippen LogP contribution is -2.11. The van der Waals surface area contributed by atoms with E-state index in [1.54, 1.807) is 24.5 Å². The Bertz CT molecular complexity index is 1100.